The van der Waals surface area contributed by atoms with E-state index in [0.717, 1.165) is 0 Å². The van der Waals surface area contributed by atoms with Crippen LogP contribution in [0.4, 0.5) is 5.69 Å². The summed E-state index contributed by atoms with van der Waals surface area (Å²) in [5.41, 5.74) is 0.0149. The number of benzene rings is 1. The molecule has 0 amide bonds. The molecule has 0 aliphatic carbocycles. The van der Waals surface area contributed by atoms with Crippen LogP contribution in [-0.2, 0) is 0 Å². The number of aliphatic hydroxyl groups is 2. The van der Waals surface area contributed by atoms with Gasteiger partial charge in [0.25, 0.3) is 5.69 Å². The molecule has 0 bridgehead atoms. The van der Waals surface area contributed by atoms with Crippen LogP contribution in [-0.4, -0.2) is 47.5 Å². The number of hydrogen-bond donors (Lipinski definition) is 3. The fraction of sp³-hybridized carbons (Fsp3) is 0.455. The molecule has 100 valence electrons. The molecule has 1 aromatic carbocycles. The minimum atomic E-state index is -0.474. The van der Waals surface area contributed by atoms with Crippen molar-refractivity contribution >= 4 is 5.69 Å². The molecule has 7 heteroatoms. The molecule has 1 aromatic rings. The topological polar surface area (TPSA) is 105 Å². The number of nitrogens with zero attached hydrogens (tertiary/aromatic N) is 1. The first-order valence-corrected chi connectivity index (χ1v) is 5.49. The highest BCUT2D eigenvalue weighted by atomic mass is 16.6. The van der Waals surface area contributed by atoms with Crippen LogP contribution < -0.4 is 10.1 Å². The van der Waals surface area contributed by atoms with Gasteiger partial charge in [-0.15, -0.1) is 0 Å². The van der Waals surface area contributed by atoms with Gasteiger partial charge in [0.1, 0.15) is 12.4 Å². The maximum atomic E-state index is 10.4. The lowest BCUT2D eigenvalue weighted by Crippen LogP contribution is -2.38. The van der Waals surface area contributed by atoms with E-state index in [1.807, 2.05) is 0 Å². The van der Waals surface area contributed by atoms with Gasteiger partial charge in [-0.1, -0.05) is 0 Å². The average molecular weight is 256 g/mol. The molecular formula is C11H16N2O5. The van der Waals surface area contributed by atoms with Crippen LogP contribution >= 0.6 is 0 Å². The third kappa shape index (κ3) is 4.66. The van der Waals surface area contributed by atoms with Gasteiger partial charge in [-0.2, -0.15) is 0 Å². The number of nitro groups is 1. The molecule has 3 N–H and O–H groups in total. The van der Waals surface area contributed by atoms with Crippen molar-refractivity contribution in [1.82, 2.24) is 5.32 Å². The van der Waals surface area contributed by atoms with Gasteiger partial charge >= 0.3 is 0 Å². The van der Waals surface area contributed by atoms with Gasteiger partial charge in [-0.05, 0) is 12.1 Å². The number of nitrogens with one attached hydrogen (secondary N) is 1. The van der Waals surface area contributed by atoms with Gasteiger partial charge in [0.2, 0.25) is 0 Å². The van der Waals surface area contributed by atoms with Gasteiger partial charge in [0, 0.05) is 18.7 Å². The zero-order chi connectivity index (χ0) is 13.4. The first-order valence-electron chi connectivity index (χ1n) is 5.49. The predicted molar refractivity (Wildman–Crippen MR) is 64.6 cm³/mol. The highest BCUT2D eigenvalue weighted by molar-refractivity contribution is 5.35. The summed E-state index contributed by atoms with van der Waals surface area (Å²) in [6, 6.07) is 5.42. The molecule has 0 fully saturated rings. The smallest absolute Gasteiger partial charge is 0.269 e. The normalized spacial score (nSPS) is 10.6. The van der Waals surface area contributed by atoms with E-state index in [4.69, 9.17) is 14.9 Å². The largest absolute Gasteiger partial charge is 0.492 e. The van der Waals surface area contributed by atoms with E-state index in [1.165, 1.54) is 24.3 Å². The van der Waals surface area contributed by atoms with Crippen molar-refractivity contribution in [2.45, 2.75) is 6.04 Å². The van der Waals surface area contributed by atoms with Crippen molar-refractivity contribution in [3.05, 3.63) is 34.4 Å². The van der Waals surface area contributed by atoms with Gasteiger partial charge < -0.3 is 20.3 Å². The molecule has 0 radical (unpaired) electrons. The maximum Gasteiger partial charge on any atom is 0.269 e. The number of ether oxygens (including phenoxy) is 1. The Morgan fingerprint density at radius 1 is 1.28 bits per heavy atom. The van der Waals surface area contributed by atoms with Gasteiger partial charge in [0.15, 0.2) is 0 Å². The lowest BCUT2D eigenvalue weighted by molar-refractivity contribution is -0.384. The van der Waals surface area contributed by atoms with Crippen LogP contribution in [0.2, 0.25) is 0 Å². The summed E-state index contributed by atoms with van der Waals surface area (Å²) in [4.78, 5) is 9.95. The molecule has 1 rings (SSSR count). The number of rotatable bonds is 8. The summed E-state index contributed by atoms with van der Waals surface area (Å²) < 4.78 is 5.33. The number of hydrogen-bond acceptors (Lipinski definition) is 6. The minimum absolute atomic E-state index is 0.0149. The van der Waals surface area contributed by atoms with Crippen molar-refractivity contribution < 1.29 is 19.9 Å². The van der Waals surface area contributed by atoms with Crippen LogP contribution in [0.15, 0.2) is 24.3 Å². The summed E-state index contributed by atoms with van der Waals surface area (Å²) in [7, 11) is 0. The van der Waals surface area contributed by atoms with Gasteiger partial charge in [0.05, 0.1) is 24.2 Å². The molecule has 0 heterocycles. The average Bonchev–Trinajstić information content (AvgIpc) is 2.39. The van der Waals surface area contributed by atoms with Crippen LogP contribution in [0.25, 0.3) is 0 Å². The standard InChI is InChI=1S/C11H16N2O5/c14-7-9(8-15)12-5-6-18-11-3-1-10(2-4-11)13(16)17/h1-4,9,12,14-15H,5-8H2. The monoisotopic (exact) mass is 256 g/mol. The Morgan fingerprint density at radius 2 is 1.89 bits per heavy atom. The lowest BCUT2D eigenvalue weighted by atomic mass is 10.3. The molecule has 0 saturated heterocycles. The molecular weight excluding hydrogens is 240 g/mol. The van der Waals surface area contributed by atoms with Gasteiger partial charge in [-0.3, -0.25) is 10.1 Å². The van der Waals surface area contributed by atoms with E-state index < -0.39 is 4.92 Å². The van der Waals surface area contributed by atoms with E-state index >= 15 is 0 Å². The Bertz CT molecular complexity index is 364. The van der Waals surface area contributed by atoms with Crippen LogP contribution in [0, 0.1) is 10.1 Å². The SMILES string of the molecule is O=[N+]([O-])c1ccc(OCCNC(CO)CO)cc1. The Balaban J connectivity index is 2.29. The lowest BCUT2D eigenvalue weighted by Gasteiger charge is -2.13. The van der Waals surface area contributed by atoms with Gasteiger partial charge in [-0.25, -0.2) is 0 Å². The molecule has 18 heavy (non-hydrogen) atoms. The second-order valence-electron chi connectivity index (χ2n) is 3.62. The number of non-ortho nitro benzene ring substituents is 1. The summed E-state index contributed by atoms with van der Waals surface area (Å²) in [6.45, 7) is 0.513. The van der Waals surface area contributed by atoms with E-state index in [-0.39, 0.29) is 24.9 Å². The summed E-state index contributed by atoms with van der Waals surface area (Å²) in [5, 5.41) is 30.9. The third-order valence-electron chi connectivity index (χ3n) is 2.29. The van der Waals surface area contributed by atoms with Crippen molar-refractivity contribution in [3.63, 3.8) is 0 Å². The van der Waals surface area contributed by atoms with Crippen molar-refractivity contribution in [3.8, 4) is 5.75 Å². The fourth-order valence-corrected chi connectivity index (χ4v) is 1.28. The Morgan fingerprint density at radius 3 is 2.39 bits per heavy atom. The fourth-order valence-electron chi connectivity index (χ4n) is 1.28. The van der Waals surface area contributed by atoms with E-state index in [9.17, 15) is 10.1 Å². The number of nitro benzene ring substituents is 1. The highest BCUT2D eigenvalue weighted by Crippen LogP contribution is 2.16. The van der Waals surface area contributed by atoms with Crippen molar-refractivity contribution in [1.29, 1.82) is 0 Å². The number of aliphatic hydroxyl groups excluding tert-OH is 2. The molecule has 0 atom stereocenters. The molecule has 0 aliphatic rings. The second kappa shape index (κ2) is 7.59. The summed E-state index contributed by atoms with van der Waals surface area (Å²) >= 11 is 0. The highest BCUT2D eigenvalue weighted by Gasteiger charge is 2.05. The Hall–Kier alpha value is -1.70. The predicted octanol–water partition coefficient (Wildman–Crippen LogP) is -0.0836. The molecule has 0 saturated carbocycles. The Labute approximate surface area is 104 Å². The summed E-state index contributed by atoms with van der Waals surface area (Å²) in [5.74, 6) is 0.534. The van der Waals surface area contributed by atoms with E-state index in [0.29, 0.717) is 18.9 Å². The molecule has 0 spiro atoms. The molecule has 7 nitrogen and oxygen atoms in total. The summed E-state index contributed by atoms with van der Waals surface area (Å²) in [6.07, 6.45) is 0. The van der Waals surface area contributed by atoms with Crippen LogP contribution in [0.1, 0.15) is 0 Å². The van der Waals surface area contributed by atoms with E-state index in [1.54, 1.807) is 0 Å². The minimum Gasteiger partial charge on any atom is -0.492 e. The first-order chi connectivity index (χ1) is 8.67. The first kappa shape index (κ1) is 14.4. The second-order valence-corrected chi connectivity index (χ2v) is 3.62. The zero-order valence-electron chi connectivity index (χ0n) is 9.78. The van der Waals surface area contributed by atoms with Crippen molar-refractivity contribution in [2.75, 3.05) is 26.4 Å². The van der Waals surface area contributed by atoms with Crippen LogP contribution in [0.3, 0.4) is 0 Å². The molecule has 0 unspecified atom stereocenters. The van der Waals surface area contributed by atoms with Crippen molar-refractivity contribution in [2.24, 2.45) is 0 Å². The third-order valence-corrected chi connectivity index (χ3v) is 2.29. The zero-order valence-corrected chi connectivity index (χ0v) is 9.78. The maximum absolute atomic E-state index is 10.4. The Kier molecular flexibility index (Phi) is 6.06. The van der Waals surface area contributed by atoms with E-state index in [2.05, 4.69) is 5.32 Å². The molecule has 0 aliphatic heterocycles. The quantitative estimate of drug-likeness (QED) is 0.341. The molecule has 0 aromatic heterocycles. The van der Waals surface area contributed by atoms with Crippen LogP contribution in [0.5, 0.6) is 5.75 Å².